The molecule has 0 aliphatic heterocycles. The highest BCUT2D eigenvalue weighted by atomic mass is 35.5. The van der Waals surface area contributed by atoms with Crippen molar-refractivity contribution < 1.29 is 23.9 Å². The van der Waals surface area contributed by atoms with Crippen LogP contribution in [-0.4, -0.2) is 49.6 Å². The van der Waals surface area contributed by atoms with Gasteiger partial charge in [0.25, 0.3) is 11.8 Å². The summed E-state index contributed by atoms with van der Waals surface area (Å²) in [6, 6.07) is 3.57. The molecule has 6 rings (SSSR count). The number of anilines is 1. The number of carbonyl (C=O) groups is 3. The first-order chi connectivity index (χ1) is 16.7. The van der Waals surface area contributed by atoms with Gasteiger partial charge >= 0.3 is 5.97 Å². The number of amides is 2. The average molecular weight is 501 g/mol. The third-order valence-corrected chi connectivity index (χ3v) is 7.75. The molecular weight excluding hydrogens is 479 g/mol. The van der Waals surface area contributed by atoms with E-state index in [4.69, 9.17) is 11.6 Å². The summed E-state index contributed by atoms with van der Waals surface area (Å²) >= 11 is 5.75. The monoisotopic (exact) mass is 500 g/mol. The highest BCUT2D eigenvalue weighted by Crippen LogP contribution is 2.56. The Kier molecular flexibility index (Phi) is 5.66. The molecule has 0 spiro atoms. The van der Waals surface area contributed by atoms with E-state index >= 15 is 0 Å². The predicted molar refractivity (Wildman–Crippen MR) is 124 cm³/mol. The van der Waals surface area contributed by atoms with Crippen LogP contribution < -0.4 is 10.6 Å². The Balaban J connectivity index is 1.29. The fraction of sp³-hybridized carbons (Fsp3) is 0.391. The maximum Gasteiger partial charge on any atom is 0.309 e. The number of aromatic amines is 1. The van der Waals surface area contributed by atoms with Gasteiger partial charge in [-0.3, -0.25) is 19.5 Å². The van der Waals surface area contributed by atoms with Gasteiger partial charge < -0.3 is 15.7 Å². The van der Waals surface area contributed by atoms with Crippen LogP contribution in [-0.2, 0) is 4.79 Å². The number of hydrogen-bond donors (Lipinski definition) is 4. The number of H-pyrrole nitrogens is 1. The van der Waals surface area contributed by atoms with Crippen molar-refractivity contribution in [3.8, 4) is 0 Å². The van der Waals surface area contributed by atoms with Gasteiger partial charge in [0.05, 0.1) is 10.4 Å². The fourth-order valence-electron chi connectivity index (χ4n) is 5.11. The number of fused-ring (bicyclic) bond motifs is 4. The quantitative estimate of drug-likeness (QED) is 0.404. The van der Waals surface area contributed by atoms with E-state index in [-0.39, 0.29) is 38.5 Å². The number of aromatic nitrogens is 4. The van der Waals surface area contributed by atoms with Crippen LogP contribution in [0.25, 0.3) is 11.0 Å². The molecule has 0 saturated heterocycles. The van der Waals surface area contributed by atoms with Crippen molar-refractivity contribution in [2.24, 2.45) is 10.8 Å². The highest BCUT2D eigenvalue weighted by Gasteiger charge is 2.52. The minimum absolute atomic E-state index is 0.0794. The SMILES string of the molecule is O=C(Nc1n[nH]c2c(C(=O)NCC34CCC(C(=O)O)(CC3)CC4)ncnc12)c1ccc(F)c(Cl)c1. The molecule has 3 fully saturated rings. The van der Waals surface area contributed by atoms with Crippen molar-refractivity contribution in [2.45, 2.75) is 38.5 Å². The average Bonchev–Trinajstić information content (AvgIpc) is 3.28. The third kappa shape index (κ3) is 4.09. The van der Waals surface area contributed by atoms with Gasteiger partial charge in [0, 0.05) is 12.1 Å². The van der Waals surface area contributed by atoms with Gasteiger partial charge in [-0.25, -0.2) is 14.4 Å². The highest BCUT2D eigenvalue weighted by molar-refractivity contribution is 6.31. The topological polar surface area (TPSA) is 150 Å². The molecule has 2 bridgehead atoms. The first kappa shape index (κ1) is 23.2. The Morgan fingerprint density at radius 3 is 2.46 bits per heavy atom. The number of carbonyl (C=O) groups excluding carboxylic acids is 2. The van der Waals surface area contributed by atoms with Crippen LogP contribution in [0, 0.1) is 16.6 Å². The summed E-state index contributed by atoms with van der Waals surface area (Å²) in [5, 5.41) is 21.7. The zero-order valence-electron chi connectivity index (χ0n) is 18.5. The summed E-state index contributed by atoms with van der Waals surface area (Å²) in [4.78, 5) is 45.4. The number of hydrogen-bond acceptors (Lipinski definition) is 6. The molecule has 12 heteroatoms. The van der Waals surface area contributed by atoms with E-state index in [1.54, 1.807) is 0 Å². The van der Waals surface area contributed by atoms with Crippen LogP contribution >= 0.6 is 11.6 Å². The van der Waals surface area contributed by atoms with Gasteiger partial charge in [-0.05, 0) is 62.1 Å². The van der Waals surface area contributed by atoms with Crippen LogP contribution in [0.15, 0.2) is 24.5 Å². The van der Waals surface area contributed by atoms with Crippen LogP contribution in [0.4, 0.5) is 10.2 Å². The van der Waals surface area contributed by atoms with Crippen molar-refractivity contribution in [1.29, 1.82) is 0 Å². The summed E-state index contributed by atoms with van der Waals surface area (Å²) in [5.41, 5.74) is -0.0108. The van der Waals surface area contributed by atoms with E-state index in [1.165, 1.54) is 18.5 Å². The lowest BCUT2D eigenvalue weighted by molar-refractivity contribution is -0.158. The first-order valence-corrected chi connectivity index (χ1v) is 11.6. The molecule has 0 unspecified atom stereocenters. The molecule has 2 amide bonds. The molecule has 2 aromatic heterocycles. The molecule has 10 nitrogen and oxygen atoms in total. The molecule has 2 heterocycles. The number of carboxylic acids is 1. The van der Waals surface area contributed by atoms with Gasteiger partial charge in [0.2, 0.25) is 0 Å². The Hall–Kier alpha value is -3.60. The summed E-state index contributed by atoms with van der Waals surface area (Å²) in [6.45, 7) is 0.427. The second-order valence-electron chi connectivity index (χ2n) is 9.37. The lowest BCUT2D eigenvalue weighted by Gasteiger charge is -2.51. The maximum absolute atomic E-state index is 13.4. The molecule has 3 saturated carbocycles. The molecule has 3 aliphatic carbocycles. The molecule has 0 atom stereocenters. The van der Waals surface area contributed by atoms with E-state index in [0.29, 0.717) is 25.8 Å². The number of nitrogens with one attached hydrogen (secondary N) is 3. The number of benzene rings is 1. The van der Waals surface area contributed by atoms with E-state index in [0.717, 1.165) is 25.3 Å². The zero-order chi connectivity index (χ0) is 24.8. The Morgan fingerprint density at radius 2 is 1.80 bits per heavy atom. The van der Waals surface area contributed by atoms with E-state index in [1.807, 2.05) is 0 Å². The number of carboxylic acid groups (broad SMARTS) is 1. The Labute approximate surface area is 203 Å². The van der Waals surface area contributed by atoms with Crippen molar-refractivity contribution >= 4 is 46.2 Å². The lowest BCUT2D eigenvalue weighted by atomic mass is 9.53. The second-order valence-corrected chi connectivity index (χ2v) is 9.78. The van der Waals surface area contributed by atoms with Gasteiger partial charge in [0.1, 0.15) is 23.2 Å². The van der Waals surface area contributed by atoms with E-state index in [9.17, 15) is 23.9 Å². The van der Waals surface area contributed by atoms with Gasteiger partial charge in [0.15, 0.2) is 11.5 Å². The van der Waals surface area contributed by atoms with Crippen LogP contribution in [0.1, 0.15) is 59.4 Å². The number of halogens is 2. The van der Waals surface area contributed by atoms with Gasteiger partial charge in [-0.15, -0.1) is 0 Å². The minimum Gasteiger partial charge on any atom is -0.481 e. The third-order valence-electron chi connectivity index (χ3n) is 7.46. The normalized spacial score (nSPS) is 23.3. The first-order valence-electron chi connectivity index (χ1n) is 11.2. The molecule has 3 aromatic rings. The van der Waals surface area contributed by atoms with Crippen molar-refractivity contribution in [2.75, 3.05) is 11.9 Å². The standard InChI is InChI=1S/C23H22ClFN6O4/c24-13-9-12(1-2-14(13)25)19(32)29-18-16-15(30-31-18)17(28-11-27-16)20(33)26-10-22-3-6-23(7-4-22,8-5-22)21(34)35/h1-2,9,11H,3-8,10H2,(H,26,33)(H,34,35)(H2,29,30,31,32). The van der Waals surface area contributed by atoms with E-state index < -0.39 is 29.0 Å². The number of rotatable bonds is 6. The van der Waals surface area contributed by atoms with Crippen molar-refractivity contribution in [1.82, 2.24) is 25.5 Å². The Bertz CT molecular complexity index is 1330. The lowest BCUT2D eigenvalue weighted by Crippen LogP contribution is -2.50. The van der Waals surface area contributed by atoms with E-state index in [2.05, 4.69) is 30.8 Å². The van der Waals surface area contributed by atoms with Crippen LogP contribution in [0.5, 0.6) is 0 Å². The smallest absolute Gasteiger partial charge is 0.309 e. The minimum atomic E-state index is -0.720. The maximum atomic E-state index is 13.4. The summed E-state index contributed by atoms with van der Waals surface area (Å²) < 4.78 is 13.4. The zero-order valence-corrected chi connectivity index (χ0v) is 19.3. The predicted octanol–water partition coefficient (Wildman–Crippen LogP) is 3.55. The molecule has 35 heavy (non-hydrogen) atoms. The van der Waals surface area contributed by atoms with Gasteiger partial charge in [-0.2, -0.15) is 5.10 Å². The molecule has 0 radical (unpaired) electrons. The summed E-state index contributed by atoms with van der Waals surface area (Å²) in [5.74, 6) is -2.26. The molecule has 1 aromatic carbocycles. The largest absolute Gasteiger partial charge is 0.481 e. The molecular formula is C23H22ClFN6O4. The number of aliphatic carboxylic acids is 1. The number of nitrogens with zero attached hydrogens (tertiary/aromatic N) is 3. The summed E-state index contributed by atoms with van der Waals surface area (Å²) in [7, 11) is 0. The van der Waals surface area contributed by atoms with Crippen molar-refractivity contribution in [3.63, 3.8) is 0 Å². The summed E-state index contributed by atoms with van der Waals surface area (Å²) in [6.07, 6.45) is 5.35. The van der Waals surface area contributed by atoms with Gasteiger partial charge in [-0.1, -0.05) is 11.6 Å². The fourth-order valence-corrected chi connectivity index (χ4v) is 5.29. The van der Waals surface area contributed by atoms with Crippen LogP contribution in [0.2, 0.25) is 5.02 Å². The molecule has 4 N–H and O–H groups in total. The Morgan fingerprint density at radius 1 is 1.09 bits per heavy atom. The molecule has 3 aliphatic rings. The van der Waals surface area contributed by atoms with Crippen LogP contribution in [0.3, 0.4) is 0 Å². The second kappa shape index (κ2) is 8.56. The van der Waals surface area contributed by atoms with Crippen molar-refractivity contribution in [3.05, 3.63) is 46.6 Å². The molecule has 182 valence electrons.